The molecule has 0 saturated carbocycles. The van der Waals surface area contributed by atoms with E-state index < -0.39 is 0 Å². The van der Waals surface area contributed by atoms with E-state index in [1.165, 1.54) is 0 Å². The van der Waals surface area contributed by atoms with E-state index in [0.29, 0.717) is 24.5 Å². The molecule has 0 saturated heterocycles. The number of aliphatic hydroxyl groups is 1. The van der Waals surface area contributed by atoms with Gasteiger partial charge in [-0.2, -0.15) is 0 Å². The van der Waals surface area contributed by atoms with Gasteiger partial charge in [-0.05, 0) is 42.3 Å². The first kappa shape index (κ1) is 19.6. The lowest BCUT2D eigenvalue weighted by Crippen LogP contribution is -2.41. The molecular formula is C22H24N2O4. The fourth-order valence-electron chi connectivity index (χ4n) is 3.03. The average molecular weight is 380 g/mol. The van der Waals surface area contributed by atoms with Gasteiger partial charge in [-0.15, -0.1) is 0 Å². The van der Waals surface area contributed by atoms with Crippen LogP contribution in [0.2, 0.25) is 0 Å². The molecule has 0 spiro atoms. The van der Waals surface area contributed by atoms with E-state index in [9.17, 15) is 9.90 Å². The van der Waals surface area contributed by atoms with Crippen LogP contribution in [-0.4, -0.2) is 40.7 Å². The van der Waals surface area contributed by atoms with Crippen molar-refractivity contribution in [2.24, 2.45) is 0 Å². The van der Waals surface area contributed by atoms with Crippen LogP contribution in [0.4, 0.5) is 0 Å². The summed E-state index contributed by atoms with van der Waals surface area (Å²) in [5, 5.41) is 9.76. The molecule has 1 aromatic carbocycles. The first-order valence-electron chi connectivity index (χ1n) is 9.21. The number of nitrogens with zero attached hydrogens (tertiary/aromatic N) is 2. The zero-order valence-electron chi connectivity index (χ0n) is 16.0. The van der Waals surface area contributed by atoms with Crippen LogP contribution in [0, 0.1) is 0 Å². The standard InChI is InChI=1S/C22H24N2O4/c1-3-18(15-25)24(14-16-6-5-11-23-13-16)22(26)21-10-9-20(28-21)17-7-4-8-19(12-17)27-2/h4-13,18,25H,3,14-15H2,1-2H3/t18-/m0/s1. The second-order valence-electron chi connectivity index (χ2n) is 6.43. The van der Waals surface area contributed by atoms with Gasteiger partial charge in [0.05, 0.1) is 19.8 Å². The van der Waals surface area contributed by atoms with Crippen molar-refractivity contribution >= 4 is 5.91 Å². The average Bonchev–Trinajstić information content (AvgIpc) is 3.24. The summed E-state index contributed by atoms with van der Waals surface area (Å²) >= 11 is 0. The lowest BCUT2D eigenvalue weighted by Gasteiger charge is -2.29. The Bertz CT molecular complexity index is 904. The minimum atomic E-state index is -0.307. The fraction of sp³-hybridized carbons (Fsp3) is 0.273. The molecule has 0 bridgehead atoms. The SMILES string of the molecule is CC[C@@H](CO)N(Cc1cccnc1)C(=O)c1ccc(-c2cccc(OC)c2)o1. The van der Waals surface area contributed by atoms with E-state index in [4.69, 9.17) is 9.15 Å². The summed E-state index contributed by atoms with van der Waals surface area (Å²) in [6, 6.07) is 14.3. The number of hydrogen-bond donors (Lipinski definition) is 1. The number of benzene rings is 1. The Labute approximate surface area is 164 Å². The van der Waals surface area contributed by atoms with Crippen molar-refractivity contribution in [2.75, 3.05) is 13.7 Å². The Hall–Kier alpha value is -3.12. The molecule has 0 aliphatic rings. The zero-order chi connectivity index (χ0) is 19.9. The first-order chi connectivity index (χ1) is 13.7. The van der Waals surface area contributed by atoms with Gasteiger partial charge in [0.15, 0.2) is 5.76 Å². The van der Waals surface area contributed by atoms with Crippen LogP contribution in [0.25, 0.3) is 11.3 Å². The Morgan fingerprint density at radius 1 is 1.25 bits per heavy atom. The predicted molar refractivity (Wildman–Crippen MR) is 106 cm³/mol. The molecule has 2 heterocycles. The smallest absolute Gasteiger partial charge is 0.290 e. The number of rotatable bonds is 8. The topological polar surface area (TPSA) is 75.8 Å². The van der Waals surface area contributed by atoms with Gasteiger partial charge in [-0.25, -0.2) is 0 Å². The highest BCUT2D eigenvalue weighted by Gasteiger charge is 2.26. The van der Waals surface area contributed by atoms with Crippen LogP contribution in [0.15, 0.2) is 65.3 Å². The monoisotopic (exact) mass is 380 g/mol. The summed E-state index contributed by atoms with van der Waals surface area (Å²) in [7, 11) is 1.60. The number of furan rings is 1. The van der Waals surface area contributed by atoms with Gasteiger partial charge in [0.25, 0.3) is 5.91 Å². The number of ether oxygens (including phenoxy) is 1. The van der Waals surface area contributed by atoms with Gasteiger partial charge < -0.3 is 19.2 Å². The van der Waals surface area contributed by atoms with Gasteiger partial charge in [0.1, 0.15) is 11.5 Å². The third-order valence-electron chi connectivity index (χ3n) is 4.63. The Morgan fingerprint density at radius 3 is 2.79 bits per heavy atom. The first-order valence-corrected chi connectivity index (χ1v) is 9.21. The maximum atomic E-state index is 13.2. The van der Waals surface area contributed by atoms with Crippen LogP contribution < -0.4 is 4.74 Å². The second kappa shape index (κ2) is 9.19. The Morgan fingerprint density at radius 2 is 2.11 bits per heavy atom. The summed E-state index contributed by atoms with van der Waals surface area (Å²) < 4.78 is 11.1. The lowest BCUT2D eigenvalue weighted by atomic mass is 10.1. The van der Waals surface area contributed by atoms with Gasteiger partial charge in [-0.1, -0.05) is 25.1 Å². The van der Waals surface area contributed by atoms with Gasteiger partial charge in [0, 0.05) is 24.5 Å². The van der Waals surface area contributed by atoms with Crippen molar-refractivity contribution in [3.05, 3.63) is 72.2 Å². The fourth-order valence-corrected chi connectivity index (χ4v) is 3.03. The molecule has 0 aliphatic heterocycles. The molecule has 3 rings (SSSR count). The van der Waals surface area contributed by atoms with Gasteiger partial charge >= 0.3 is 0 Å². The molecule has 6 nitrogen and oxygen atoms in total. The number of amides is 1. The van der Waals surface area contributed by atoms with Crippen molar-refractivity contribution in [1.82, 2.24) is 9.88 Å². The van der Waals surface area contributed by atoms with Crippen LogP contribution in [0.1, 0.15) is 29.5 Å². The summed E-state index contributed by atoms with van der Waals surface area (Å²) in [6.07, 6.45) is 4.03. The van der Waals surface area contributed by atoms with Crippen LogP contribution in [-0.2, 0) is 6.54 Å². The number of aromatic nitrogens is 1. The van der Waals surface area contributed by atoms with Crippen molar-refractivity contribution in [1.29, 1.82) is 0 Å². The summed E-state index contributed by atoms with van der Waals surface area (Å²) in [5.74, 6) is 1.26. The molecule has 1 amide bonds. The van der Waals surface area contributed by atoms with E-state index in [2.05, 4.69) is 4.98 Å². The molecular weight excluding hydrogens is 356 g/mol. The molecule has 0 radical (unpaired) electrons. The van der Waals surface area contributed by atoms with Crippen LogP contribution >= 0.6 is 0 Å². The summed E-state index contributed by atoms with van der Waals surface area (Å²) in [5.41, 5.74) is 1.72. The number of carbonyl (C=O) groups is 1. The molecule has 3 aromatic rings. The Balaban J connectivity index is 1.87. The predicted octanol–water partition coefficient (Wildman–Crippen LogP) is 3.76. The third kappa shape index (κ3) is 4.40. The number of aliphatic hydroxyl groups excluding tert-OH is 1. The highest BCUT2D eigenvalue weighted by Crippen LogP contribution is 2.27. The maximum Gasteiger partial charge on any atom is 0.290 e. The quantitative estimate of drug-likeness (QED) is 0.644. The molecule has 2 aromatic heterocycles. The third-order valence-corrected chi connectivity index (χ3v) is 4.63. The van der Waals surface area contributed by atoms with Crippen molar-refractivity contribution in [3.63, 3.8) is 0 Å². The highest BCUT2D eigenvalue weighted by molar-refractivity contribution is 5.92. The minimum Gasteiger partial charge on any atom is -0.497 e. The van der Waals surface area contributed by atoms with E-state index in [-0.39, 0.29) is 24.3 Å². The van der Waals surface area contributed by atoms with E-state index in [0.717, 1.165) is 11.1 Å². The van der Waals surface area contributed by atoms with E-state index >= 15 is 0 Å². The lowest BCUT2D eigenvalue weighted by molar-refractivity contribution is 0.0533. The normalized spacial score (nSPS) is 11.8. The van der Waals surface area contributed by atoms with Crippen LogP contribution in [0.3, 0.4) is 0 Å². The molecule has 6 heteroatoms. The highest BCUT2D eigenvalue weighted by atomic mass is 16.5. The second-order valence-corrected chi connectivity index (χ2v) is 6.43. The van der Waals surface area contributed by atoms with Crippen molar-refractivity contribution in [3.8, 4) is 17.1 Å². The van der Waals surface area contributed by atoms with E-state index in [1.54, 1.807) is 36.5 Å². The van der Waals surface area contributed by atoms with Crippen molar-refractivity contribution in [2.45, 2.75) is 25.9 Å². The number of pyridine rings is 1. The number of hydrogen-bond acceptors (Lipinski definition) is 5. The van der Waals surface area contributed by atoms with Gasteiger partial charge in [0.2, 0.25) is 0 Å². The minimum absolute atomic E-state index is 0.119. The Kier molecular flexibility index (Phi) is 6.45. The number of methoxy groups -OCH3 is 1. The molecule has 28 heavy (non-hydrogen) atoms. The zero-order valence-corrected chi connectivity index (χ0v) is 16.0. The molecule has 0 aliphatic carbocycles. The molecule has 0 unspecified atom stereocenters. The van der Waals surface area contributed by atoms with Crippen molar-refractivity contribution < 1.29 is 19.1 Å². The van der Waals surface area contributed by atoms with Gasteiger partial charge in [-0.3, -0.25) is 9.78 Å². The van der Waals surface area contributed by atoms with E-state index in [1.807, 2.05) is 43.3 Å². The maximum absolute atomic E-state index is 13.2. The summed E-state index contributed by atoms with van der Waals surface area (Å²) in [6.45, 7) is 2.17. The largest absolute Gasteiger partial charge is 0.497 e. The molecule has 1 atom stereocenters. The summed E-state index contributed by atoms with van der Waals surface area (Å²) in [4.78, 5) is 18.9. The molecule has 146 valence electrons. The van der Waals surface area contributed by atoms with Crippen LogP contribution in [0.5, 0.6) is 5.75 Å². The number of carbonyl (C=O) groups excluding carboxylic acids is 1. The molecule has 1 N–H and O–H groups in total. The molecule has 0 fully saturated rings.